The van der Waals surface area contributed by atoms with Gasteiger partial charge in [-0.2, -0.15) is 0 Å². The van der Waals surface area contributed by atoms with Gasteiger partial charge in [-0.15, -0.1) is 0 Å². The van der Waals surface area contributed by atoms with Crippen molar-refractivity contribution in [2.45, 2.75) is 37.1 Å². The fraction of sp³-hybridized carbons (Fsp3) is 0.500. The van der Waals surface area contributed by atoms with Crippen molar-refractivity contribution in [3.8, 4) is 0 Å². The van der Waals surface area contributed by atoms with Gasteiger partial charge in [-0.25, -0.2) is 18.4 Å². The highest BCUT2D eigenvalue weighted by Gasteiger charge is 2.25. The quantitative estimate of drug-likeness (QED) is 0.665. The number of benzene rings is 1. The minimum Gasteiger partial charge on any atom is -0.373 e. The summed E-state index contributed by atoms with van der Waals surface area (Å²) in [6, 6.07) is 10.5. The third-order valence-electron chi connectivity index (χ3n) is 5.72. The van der Waals surface area contributed by atoms with E-state index in [0.29, 0.717) is 18.0 Å². The van der Waals surface area contributed by atoms with Crippen LogP contribution in [0, 0.1) is 0 Å². The summed E-state index contributed by atoms with van der Waals surface area (Å²) < 4.78 is 25.0. The van der Waals surface area contributed by atoms with E-state index in [2.05, 4.69) is 15.2 Å². The Labute approximate surface area is 184 Å². The van der Waals surface area contributed by atoms with E-state index in [1.807, 2.05) is 19.2 Å². The first-order chi connectivity index (χ1) is 14.8. The average Bonchev–Trinajstić information content (AvgIpc) is 2.78. The molecular formula is C22H31N5O3S. The zero-order chi connectivity index (χ0) is 22.4. The maximum Gasteiger partial charge on any atom is 0.219 e. The number of anilines is 1. The standard InChI is InChI=1S/C22H31N5O3S/c1-17(28)26(3)16-19-15-21(23-2)25-22(24-19)18-9-11-27(12-10-18)13-14-31(29,30)20-7-5-4-6-8-20/h4-8,15,18H,9-14,16H2,1-3H3,(H,23,24,25). The van der Waals surface area contributed by atoms with E-state index < -0.39 is 9.84 Å². The fourth-order valence-corrected chi connectivity index (χ4v) is 4.98. The second kappa shape index (κ2) is 10.2. The number of carbonyl (C=O) groups is 1. The molecule has 0 spiro atoms. The molecule has 2 aromatic rings. The molecule has 1 aliphatic rings. The van der Waals surface area contributed by atoms with E-state index in [1.54, 1.807) is 36.2 Å². The van der Waals surface area contributed by atoms with Crippen molar-refractivity contribution in [2.24, 2.45) is 0 Å². The minimum atomic E-state index is -3.27. The number of likely N-dealkylation sites (tertiary alicyclic amines) is 1. The normalized spacial score (nSPS) is 15.6. The van der Waals surface area contributed by atoms with Crippen molar-refractivity contribution >= 4 is 21.6 Å². The lowest BCUT2D eigenvalue weighted by Gasteiger charge is -2.31. The summed E-state index contributed by atoms with van der Waals surface area (Å²) >= 11 is 0. The first kappa shape index (κ1) is 23.1. The molecule has 0 aliphatic carbocycles. The van der Waals surface area contributed by atoms with Gasteiger partial charge >= 0.3 is 0 Å². The summed E-state index contributed by atoms with van der Waals surface area (Å²) in [4.78, 5) is 25.1. The van der Waals surface area contributed by atoms with Crippen molar-refractivity contribution in [3.63, 3.8) is 0 Å². The molecular weight excluding hydrogens is 414 g/mol. The van der Waals surface area contributed by atoms with Crippen LogP contribution in [0.1, 0.15) is 37.2 Å². The van der Waals surface area contributed by atoms with Crippen molar-refractivity contribution < 1.29 is 13.2 Å². The van der Waals surface area contributed by atoms with Gasteiger partial charge in [0.1, 0.15) is 11.6 Å². The molecule has 1 aromatic carbocycles. The van der Waals surface area contributed by atoms with E-state index >= 15 is 0 Å². The largest absolute Gasteiger partial charge is 0.373 e. The van der Waals surface area contributed by atoms with Gasteiger partial charge in [0.15, 0.2) is 9.84 Å². The zero-order valence-corrected chi connectivity index (χ0v) is 19.2. The molecule has 2 heterocycles. The number of nitrogens with zero attached hydrogens (tertiary/aromatic N) is 4. The van der Waals surface area contributed by atoms with Crippen molar-refractivity contribution in [3.05, 3.63) is 47.9 Å². The molecule has 1 aliphatic heterocycles. The number of nitrogens with one attached hydrogen (secondary N) is 1. The molecule has 0 bridgehead atoms. The Morgan fingerprint density at radius 1 is 1.19 bits per heavy atom. The number of piperidine rings is 1. The second-order valence-electron chi connectivity index (χ2n) is 7.98. The molecule has 0 unspecified atom stereocenters. The SMILES string of the molecule is CNc1cc(CN(C)C(C)=O)nc(C2CCN(CCS(=O)(=O)c3ccccc3)CC2)n1. The highest BCUT2D eigenvalue weighted by molar-refractivity contribution is 7.91. The number of hydrogen-bond donors (Lipinski definition) is 1. The van der Waals surface area contributed by atoms with Gasteiger partial charge in [0.2, 0.25) is 5.91 Å². The van der Waals surface area contributed by atoms with Crippen LogP contribution in [0.25, 0.3) is 0 Å². The van der Waals surface area contributed by atoms with Crippen molar-refractivity contribution in [2.75, 3.05) is 44.8 Å². The Balaban J connectivity index is 1.59. The van der Waals surface area contributed by atoms with Crippen molar-refractivity contribution in [1.82, 2.24) is 19.8 Å². The van der Waals surface area contributed by atoms with E-state index in [9.17, 15) is 13.2 Å². The van der Waals surface area contributed by atoms with Crippen LogP contribution in [-0.2, 0) is 21.2 Å². The van der Waals surface area contributed by atoms with Gasteiger partial charge in [-0.05, 0) is 38.1 Å². The minimum absolute atomic E-state index is 0.00932. The molecule has 8 nitrogen and oxygen atoms in total. The predicted octanol–water partition coefficient (Wildman–Crippen LogP) is 2.15. The third-order valence-corrected chi connectivity index (χ3v) is 7.43. The topological polar surface area (TPSA) is 95.5 Å². The molecule has 1 aromatic heterocycles. The molecule has 0 radical (unpaired) electrons. The second-order valence-corrected chi connectivity index (χ2v) is 10.1. The van der Waals surface area contributed by atoms with Crippen LogP contribution in [0.3, 0.4) is 0 Å². The summed E-state index contributed by atoms with van der Waals surface area (Å²) in [6.45, 7) is 4.12. The molecule has 0 saturated carbocycles. The lowest BCUT2D eigenvalue weighted by atomic mass is 9.96. The van der Waals surface area contributed by atoms with E-state index in [4.69, 9.17) is 4.98 Å². The Bertz CT molecular complexity index is 989. The van der Waals surface area contributed by atoms with Crippen LogP contribution in [0.4, 0.5) is 5.82 Å². The lowest BCUT2D eigenvalue weighted by molar-refractivity contribution is -0.128. The first-order valence-electron chi connectivity index (χ1n) is 10.6. The van der Waals surface area contributed by atoms with Gasteiger partial charge in [-0.1, -0.05) is 18.2 Å². The summed E-state index contributed by atoms with van der Waals surface area (Å²) in [7, 11) is 0.310. The molecule has 31 heavy (non-hydrogen) atoms. The number of sulfone groups is 1. The first-order valence-corrected chi connectivity index (χ1v) is 12.2. The molecule has 0 atom stereocenters. The van der Waals surface area contributed by atoms with Crippen LogP contribution >= 0.6 is 0 Å². The molecule has 1 amide bonds. The molecule has 3 rings (SSSR count). The summed E-state index contributed by atoms with van der Waals surface area (Å²) in [5.74, 6) is 1.86. The van der Waals surface area contributed by atoms with Gasteiger partial charge in [-0.3, -0.25) is 4.79 Å². The van der Waals surface area contributed by atoms with Gasteiger partial charge in [0.25, 0.3) is 0 Å². The number of amides is 1. The monoisotopic (exact) mass is 445 g/mol. The van der Waals surface area contributed by atoms with Gasteiger partial charge in [0, 0.05) is 39.5 Å². The molecule has 1 saturated heterocycles. The summed E-state index contributed by atoms with van der Waals surface area (Å²) in [6.07, 6.45) is 1.75. The van der Waals surface area contributed by atoms with E-state index in [-0.39, 0.29) is 17.6 Å². The molecule has 1 N–H and O–H groups in total. The number of hydrogen-bond acceptors (Lipinski definition) is 7. The lowest BCUT2D eigenvalue weighted by Crippen LogP contribution is -2.36. The van der Waals surface area contributed by atoms with Gasteiger partial charge < -0.3 is 15.1 Å². The molecule has 168 valence electrons. The fourth-order valence-electron chi connectivity index (χ4n) is 3.67. The Morgan fingerprint density at radius 3 is 2.48 bits per heavy atom. The average molecular weight is 446 g/mol. The summed E-state index contributed by atoms with van der Waals surface area (Å²) in [5.41, 5.74) is 0.809. The maximum absolute atomic E-state index is 12.5. The zero-order valence-electron chi connectivity index (χ0n) is 18.4. The van der Waals surface area contributed by atoms with Crippen LogP contribution in [0.2, 0.25) is 0 Å². The van der Waals surface area contributed by atoms with E-state index in [1.165, 1.54) is 6.92 Å². The maximum atomic E-state index is 12.5. The smallest absolute Gasteiger partial charge is 0.219 e. The highest BCUT2D eigenvalue weighted by atomic mass is 32.2. The van der Waals surface area contributed by atoms with Crippen molar-refractivity contribution in [1.29, 1.82) is 0 Å². The Morgan fingerprint density at radius 2 is 1.87 bits per heavy atom. The third kappa shape index (κ3) is 6.24. The summed E-state index contributed by atoms with van der Waals surface area (Å²) in [5, 5.41) is 3.08. The number of carbonyl (C=O) groups excluding carboxylic acids is 1. The highest BCUT2D eigenvalue weighted by Crippen LogP contribution is 2.27. The molecule has 9 heteroatoms. The van der Waals surface area contributed by atoms with Gasteiger partial charge in [0.05, 0.1) is 22.9 Å². The van der Waals surface area contributed by atoms with Crippen LogP contribution in [-0.4, -0.2) is 73.6 Å². The molecule has 1 fully saturated rings. The Kier molecular flexibility index (Phi) is 7.61. The number of rotatable bonds is 8. The Hall–Kier alpha value is -2.52. The predicted molar refractivity (Wildman–Crippen MR) is 121 cm³/mol. The number of aromatic nitrogens is 2. The van der Waals surface area contributed by atoms with Crippen LogP contribution < -0.4 is 5.32 Å². The van der Waals surface area contributed by atoms with E-state index in [0.717, 1.165) is 43.3 Å². The van der Waals surface area contributed by atoms with Crippen LogP contribution in [0.5, 0.6) is 0 Å². The van der Waals surface area contributed by atoms with Crippen LogP contribution in [0.15, 0.2) is 41.3 Å².